The third kappa shape index (κ3) is 3.90. The lowest BCUT2D eigenvalue weighted by Gasteiger charge is -2.35. The SMILES string of the molecule is C[C@@H](O)CN1CCN(C(=O)c2cc(F)c(F)cc2Cl)CC1. The zero-order valence-corrected chi connectivity index (χ0v) is 12.4. The number of carbonyl (C=O) groups is 1. The molecule has 1 N–H and O–H groups in total. The van der Waals surface area contributed by atoms with Gasteiger partial charge in [-0.2, -0.15) is 0 Å². The first-order valence-corrected chi connectivity index (χ1v) is 7.10. The van der Waals surface area contributed by atoms with Gasteiger partial charge in [-0.3, -0.25) is 9.69 Å². The fourth-order valence-corrected chi connectivity index (χ4v) is 2.60. The van der Waals surface area contributed by atoms with Gasteiger partial charge in [0, 0.05) is 32.7 Å². The van der Waals surface area contributed by atoms with E-state index >= 15 is 0 Å². The molecule has 116 valence electrons. The summed E-state index contributed by atoms with van der Waals surface area (Å²) < 4.78 is 26.3. The summed E-state index contributed by atoms with van der Waals surface area (Å²) in [5.41, 5.74) is -0.0282. The lowest BCUT2D eigenvalue weighted by molar-refractivity contribution is 0.0554. The molecule has 1 saturated heterocycles. The number of benzene rings is 1. The molecule has 1 fully saturated rings. The van der Waals surface area contributed by atoms with Gasteiger partial charge in [-0.05, 0) is 19.1 Å². The van der Waals surface area contributed by atoms with Crippen LogP contribution < -0.4 is 0 Å². The number of carbonyl (C=O) groups excluding carboxylic acids is 1. The summed E-state index contributed by atoms with van der Waals surface area (Å²) >= 11 is 5.82. The topological polar surface area (TPSA) is 43.8 Å². The number of hydrogen-bond acceptors (Lipinski definition) is 3. The fraction of sp³-hybridized carbons (Fsp3) is 0.500. The number of nitrogens with zero attached hydrogens (tertiary/aromatic N) is 2. The predicted molar refractivity (Wildman–Crippen MR) is 75.4 cm³/mol. The van der Waals surface area contributed by atoms with Crippen LogP contribution in [-0.2, 0) is 0 Å². The first-order chi connectivity index (χ1) is 9.88. The van der Waals surface area contributed by atoms with Crippen LogP contribution in [0.1, 0.15) is 17.3 Å². The van der Waals surface area contributed by atoms with Crippen molar-refractivity contribution in [3.8, 4) is 0 Å². The third-order valence-electron chi connectivity index (χ3n) is 3.42. The molecule has 4 nitrogen and oxygen atoms in total. The van der Waals surface area contributed by atoms with Crippen molar-refractivity contribution in [2.75, 3.05) is 32.7 Å². The minimum atomic E-state index is -1.09. The Morgan fingerprint density at radius 2 is 1.86 bits per heavy atom. The number of β-amino-alcohol motifs (C(OH)–C–C–N with tert-alkyl or cyclic N) is 1. The van der Waals surface area contributed by atoms with Crippen LogP contribution in [0.3, 0.4) is 0 Å². The maximum Gasteiger partial charge on any atom is 0.255 e. The summed E-state index contributed by atoms with van der Waals surface area (Å²) in [6.45, 7) is 4.42. The monoisotopic (exact) mass is 318 g/mol. The quantitative estimate of drug-likeness (QED) is 0.864. The molecule has 1 aromatic rings. The molecular formula is C14H17ClF2N2O2. The molecule has 0 spiro atoms. The number of halogens is 3. The van der Waals surface area contributed by atoms with E-state index in [1.165, 1.54) is 0 Å². The van der Waals surface area contributed by atoms with Crippen LogP contribution in [0.15, 0.2) is 12.1 Å². The van der Waals surface area contributed by atoms with E-state index < -0.39 is 23.6 Å². The summed E-state index contributed by atoms with van der Waals surface area (Å²) in [7, 11) is 0. The number of aliphatic hydroxyl groups excluding tert-OH is 1. The van der Waals surface area contributed by atoms with Crippen molar-refractivity contribution in [2.24, 2.45) is 0 Å². The zero-order valence-electron chi connectivity index (χ0n) is 11.7. The molecule has 0 bridgehead atoms. The summed E-state index contributed by atoms with van der Waals surface area (Å²) in [5, 5.41) is 9.24. The molecular weight excluding hydrogens is 302 g/mol. The fourth-order valence-electron chi connectivity index (χ4n) is 2.36. The molecule has 1 heterocycles. The highest BCUT2D eigenvalue weighted by Crippen LogP contribution is 2.22. The molecule has 0 unspecified atom stereocenters. The van der Waals surface area contributed by atoms with Crippen LogP contribution in [0.4, 0.5) is 8.78 Å². The van der Waals surface area contributed by atoms with Crippen molar-refractivity contribution in [2.45, 2.75) is 13.0 Å². The summed E-state index contributed by atoms with van der Waals surface area (Å²) in [5.74, 6) is -2.57. The Balaban J connectivity index is 2.04. The Hall–Kier alpha value is -1.24. The Labute approximate surface area is 126 Å². The average Bonchev–Trinajstić information content (AvgIpc) is 2.42. The van der Waals surface area contributed by atoms with E-state index in [9.17, 15) is 18.7 Å². The molecule has 0 aliphatic carbocycles. The summed E-state index contributed by atoms with van der Waals surface area (Å²) in [4.78, 5) is 15.9. The highest BCUT2D eigenvalue weighted by atomic mass is 35.5. The van der Waals surface area contributed by atoms with E-state index in [0.29, 0.717) is 32.7 Å². The highest BCUT2D eigenvalue weighted by molar-refractivity contribution is 6.33. The van der Waals surface area contributed by atoms with E-state index in [0.717, 1.165) is 12.1 Å². The Kier molecular flexibility index (Phi) is 5.13. The molecule has 21 heavy (non-hydrogen) atoms. The van der Waals surface area contributed by atoms with Crippen molar-refractivity contribution in [3.63, 3.8) is 0 Å². The molecule has 1 aliphatic heterocycles. The number of aliphatic hydroxyl groups is 1. The van der Waals surface area contributed by atoms with Gasteiger partial charge < -0.3 is 10.0 Å². The number of amides is 1. The van der Waals surface area contributed by atoms with E-state index in [1.54, 1.807) is 11.8 Å². The maximum absolute atomic E-state index is 13.3. The maximum atomic E-state index is 13.3. The molecule has 1 aliphatic rings. The van der Waals surface area contributed by atoms with Crippen LogP contribution in [0.5, 0.6) is 0 Å². The number of piperazine rings is 1. The summed E-state index contributed by atoms with van der Waals surface area (Å²) in [6, 6.07) is 1.65. The predicted octanol–water partition coefficient (Wildman–Crippen LogP) is 1.76. The van der Waals surface area contributed by atoms with Gasteiger partial charge in [0.05, 0.1) is 16.7 Å². The zero-order chi connectivity index (χ0) is 15.6. The first-order valence-electron chi connectivity index (χ1n) is 6.72. The second kappa shape index (κ2) is 6.68. The lowest BCUT2D eigenvalue weighted by Crippen LogP contribution is -2.50. The molecule has 0 aromatic heterocycles. The Bertz CT molecular complexity index is 532. The van der Waals surface area contributed by atoms with Gasteiger partial charge in [0.25, 0.3) is 5.91 Å². The largest absolute Gasteiger partial charge is 0.392 e. The molecule has 1 atom stereocenters. The van der Waals surface area contributed by atoms with Crippen LogP contribution in [-0.4, -0.2) is 59.6 Å². The minimum Gasteiger partial charge on any atom is -0.392 e. The van der Waals surface area contributed by atoms with E-state index in [2.05, 4.69) is 0 Å². The second-order valence-corrected chi connectivity index (χ2v) is 5.60. The van der Waals surface area contributed by atoms with Crippen molar-refractivity contribution in [1.29, 1.82) is 0 Å². The van der Waals surface area contributed by atoms with Gasteiger partial charge in [0.2, 0.25) is 0 Å². The molecule has 1 amide bonds. The third-order valence-corrected chi connectivity index (χ3v) is 3.74. The van der Waals surface area contributed by atoms with Crippen LogP contribution in [0, 0.1) is 11.6 Å². The van der Waals surface area contributed by atoms with Crippen LogP contribution in [0.2, 0.25) is 5.02 Å². The molecule has 2 rings (SSSR count). The average molecular weight is 319 g/mol. The van der Waals surface area contributed by atoms with Crippen molar-refractivity contribution < 1.29 is 18.7 Å². The highest BCUT2D eigenvalue weighted by Gasteiger charge is 2.25. The van der Waals surface area contributed by atoms with E-state index in [-0.39, 0.29) is 10.6 Å². The minimum absolute atomic E-state index is 0.0282. The molecule has 1 aromatic carbocycles. The van der Waals surface area contributed by atoms with Gasteiger partial charge in [-0.25, -0.2) is 8.78 Å². The number of hydrogen-bond donors (Lipinski definition) is 1. The van der Waals surface area contributed by atoms with Crippen molar-refractivity contribution >= 4 is 17.5 Å². The Morgan fingerprint density at radius 1 is 1.29 bits per heavy atom. The first kappa shape index (κ1) is 16.1. The molecule has 0 saturated carbocycles. The van der Waals surface area contributed by atoms with E-state index in [4.69, 9.17) is 11.6 Å². The molecule has 0 radical (unpaired) electrons. The van der Waals surface area contributed by atoms with Crippen molar-refractivity contribution in [1.82, 2.24) is 9.80 Å². The van der Waals surface area contributed by atoms with Gasteiger partial charge in [0.1, 0.15) is 0 Å². The van der Waals surface area contributed by atoms with Gasteiger partial charge in [-0.1, -0.05) is 11.6 Å². The van der Waals surface area contributed by atoms with Gasteiger partial charge in [-0.15, -0.1) is 0 Å². The van der Waals surface area contributed by atoms with Gasteiger partial charge in [0.15, 0.2) is 11.6 Å². The lowest BCUT2D eigenvalue weighted by atomic mass is 10.1. The number of rotatable bonds is 3. The summed E-state index contributed by atoms with van der Waals surface area (Å²) in [6.07, 6.45) is -0.423. The normalized spacial score (nSPS) is 17.9. The second-order valence-electron chi connectivity index (χ2n) is 5.19. The van der Waals surface area contributed by atoms with E-state index in [1.807, 2.05) is 4.90 Å². The molecule has 7 heteroatoms. The van der Waals surface area contributed by atoms with Gasteiger partial charge >= 0.3 is 0 Å². The van der Waals surface area contributed by atoms with Crippen LogP contribution in [0.25, 0.3) is 0 Å². The van der Waals surface area contributed by atoms with Crippen LogP contribution >= 0.6 is 11.6 Å². The standard InChI is InChI=1S/C14H17ClF2N2O2/c1-9(20)8-18-2-4-19(5-3-18)14(21)10-6-12(16)13(17)7-11(10)15/h6-7,9,20H,2-5,8H2,1H3/t9-/m1/s1. The Morgan fingerprint density at radius 3 is 2.43 bits per heavy atom. The smallest absolute Gasteiger partial charge is 0.255 e. The van der Waals surface area contributed by atoms with Crippen molar-refractivity contribution in [3.05, 3.63) is 34.4 Å².